The molecule has 2 aromatic heterocycles. The van der Waals surface area contributed by atoms with Crippen LogP contribution in [0.5, 0.6) is 0 Å². The zero-order valence-corrected chi connectivity index (χ0v) is 18.0. The van der Waals surface area contributed by atoms with E-state index in [1.807, 2.05) is 12.1 Å². The van der Waals surface area contributed by atoms with Crippen molar-refractivity contribution >= 4 is 28.5 Å². The maximum atomic E-state index is 14.2. The standard InChI is InChI=1S/C23H18FN9O/c1-12-3-2-4-17-19(12)22(34)33(15-8-13(10-25)7-14(24)9-15)18(30-17)5-6-29-21-16(11-26)20(27)31-23(28)32-21/h2-4,7-9H,5-6H2,1H3,(H5,27,28,29,31,32). The van der Waals surface area contributed by atoms with Crippen molar-refractivity contribution in [2.24, 2.45) is 0 Å². The topological polar surface area (TPSA) is 172 Å². The molecule has 0 aliphatic carbocycles. The SMILES string of the molecule is Cc1cccc2nc(CCNc3nc(N)nc(N)c3C#N)n(-c3cc(F)cc(C#N)c3)c(=O)c12. The number of nitrogens with zero attached hydrogens (tertiary/aromatic N) is 6. The van der Waals surface area contributed by atoms with Crippen LogP contribution < -0.4 is 22.3 Å². The van der Waals surface area contributed by atoms with Gasteiger partial charge in [0, 0.05) is 13.0 Å². The Bertz CT molecular complexity index is 1580. The Kier molecular flexibility index (Phi) is 5.77. The third-order valence-corrected chi connectivity index (χ3v) is 5.15. The van der Waals surface area contributed by atoms with Crippen molar-refractivity contribution in [2.75, 3.05) is 23.3 Å². The number of nitrogens with two attached hydrogens (primary N) is 2. The minimum absolute atomic E-state index is 0.0393. The summed E-state index contributed by atoms with van der Waals surface area (Å²) < 4.78 is 15.5. The number of hydrogen-bond donors (Lipinski definition) is 3. The van der Waals surface area contributed by atoms with Gasteiger partial charge in [-0.2, -0.15) is 20.5 Å². The number of halogens is 1. The van der Waals surface area contributed by atoms with Gasteiger partial charge in [0.15, 0.2) is 5.82 Å². The molecule has 0 saturated heterocycles. The molecule has 2 aromatic carbocycles. The molecule has 0 radical (unpaired) electrons. The average Bonchev–Trinajstić information content (AvgIpc) is 2.78. The molecule has 4 rings (SSSR count). The largest absolute Gasteiger partial charge is 0.382 e. The van der Waals surface area contributed by atoms with Crippen molar-refractivity contribution in [3.63, 3.8) is 0 Å². The summed E-state index contributed by atoms with van der Waals surface area (Å²) in [5, 5.41) is 22.0. The lowest BCUT2D eigenvalue weighted by molar-refractivity contribution is 0.625. The summed E-state index contributed by atoms with van der Waals surface area (Å²) in [6.45, 7) is 1.98. The number of hydrogen-bond acceptors (Lipinski definition) is 9. The van der Waals surface area contributed by atoms with Gasteiger partial charge in [0.2, 0.25) is 5.95 Å². The van der Waals surface area contributed by atoms with E-state index in [0.717, 1.165) is 11.6 Å². The summed E-state index contributed by atoms with van der Waals surface area (Å²) in [7, 11) is 0. The Balaban J connectivity index is 1.81. The molecular formula is C23H18FN9O. The van der Waals surface area contributed by atoms with Gasteiger partial charge in [0.05, 0.1) is 28.2 Å². The summed E-state index contributed by atoms with van der Waals surface area (Å²) in [6, 6.07) is 12.8. The van der Waals surface area contributed by atoms with Crippen LogP contribution >= 0.6 is 0 Å². The third kappa shape index (κ3) is 4.06. The zero-order valence-electron chi connectivity index (χ0n) is 18.0. The molecule has 0 unspecified atom stereocenters. The summed E-state index contributed by atoms with van der Waals surface area (Å²) in [4.78, 5) is 25.9. The second kappa shape index (κ2) is 8.84. The first kappa shape index (κ1) is 22.2. The fourth-order valence-corrected chi connectivity index (χ4v) is 3.67. The molecule has 11 heteroatoms. The number of aromatic nitrogens is 4. The first-order valence-electron chi connectivity index (χ1n) is 10.1. The van der Waals surface area contributed by atoms with Gasteiger partial charge in [0.1, 0.15) is 29.1 Å². The van der Waals surface area contributed by atoms with Gasteiger partial charge in [-0.1, -0.05) is 12.1 Å². The van der Waals surface area contributed by atoms with E-state index in [4.69, 9.17) is 11.5 Å². The monoisotopic (exact) mass is 455 g/mol. The molecule has 0 saturated carbocycles. The van der Waals surface area contributed by atoms with Gasteiger partial charge in [-0.25, -0.2) is 9.37 Å². The Labute approximate surface area is 192 Å². The van der Waals surface area contributed by atoms with Crippen molar-refractivity contribution in [3.05, 3.63) is 75.1 Å². The number of nitriles is 2. The molecule has 0 amide bonds. The highest BCUT2D eigenvalue weighted by molar-refractivity contribution is 5.81. The normalized spacial score (nSPS) is 10.6. The molecule has 0 spiro atoms. The second-order valence-electron chi connectivity index (χ2n) is 7.43. The van der Waals surface area contributed by atoms with Gasteiger partial charge >= 0.3 is 0 Å². The Hall–Kier alpha value is -5.03. The van der Waals surface area contributed by atoms with Gasteiger partial charge in [0.25, 0.3) is 5.56 Å². The van der Waals surface area contributed by atoms with Crippen molar-refractivity contribution < 1.29 is 4.39 Å². The van der Waals surface area contributed by atoms with Crippen LogP contribution in [0.25, 0.3) is 16.6 Å². The lowest BCUT2D eigenvalue weighted by atomic mass is 10.1. The number of benzene rings is 2. The van der Waals surface area contributed by atoms with Crippen LogP contribution in [-0.2, 0) is 6.42 Å². The number of rotatable bonds is 5. The maximum Gasteiger partial charge on any atom is 0.266 e. The van der Waals surface area contributed by atoms with E-state index in [9.17, 15) is 19.7 Å². The Morgan fingerprint density at radius 2 is 1.91 bits per heavy atom. The summed E-state index contributed by atoms with van der Waals surface area (Å²) in [5.74, 6) is -0.342. The van der Waals surface area contributed by atoms with Crippen LogP contribution in [0.3, 0.4) is 0 Å². The fourth-order valence-electron chi connectivity index (χ4n) is 3.67. The molecule has 5 N–H and O–H groups in total. The van der Waals surface area contributed by atoms with Crippen LogP contribution in [0, 0.1) is 35.4 Å². The molecule has 2 heterocycles. The summed E-state index contributed by atoms with van der Waals surface area (Å²) in [5.41, 5.74) is 12.5. The third-order valence-electron chi connectivity index (χ3n) is 5.15. The van der Waals surface area contributed by atoms with Crippen molar-refractivity contribution in [1.29, 1.82) is 10.5 Å². The Morgan fingerprint density at radius 3 is 2.65 bits per heavy atom. The number of nitrogen functional groups attached to an aromatic ring is 2. The van der Waals surface area contributed by atoms with E-state index in [2.05, 4.69) is 20.3 Å². The second-order valence-corrected chi connectivity index (χ2v) is 7.43. The molecule has 34 heavy (non-hydrogen) atoms. The van der Waals surface area contributed by atoms with Crippen LogP contribution in [-0.4, -0.2) is 26.1 Å². The highest BCUT2D eigenvalue weighted by Gasteiger charge is 2.17. The molecule has 4 aromatic rings. The minimum atomic E-state index is -0.652. The smallest absolute Gasteiger partial charge is 0.266 e. The predicted molar refractivity (Wildman–Crippen MR) is 125 cm³/mol. The van der Waals surface area contributed by atoms with E-state index in [0.29, 0.717) is 16.7 Å². The molecule has 0 atom stereocenters. The quantitative estimate of drug-likeness (QED) is 0.408. The molecule has 0 bridgehead atoms. The van der Waals surface area contributed by atoms with Crippen LogP contribution in [0.4, 0.5) is 22.0 Å². The van der Waals surface area contributed by atoms with Gasteiger partial charge < -0.3 is 16.8 Å². The van der Waals surface area contributed by atoms with Crippen LogP contribution in [0.1, 0.15) is 22.5 Å². The first-order chi connectivity index (χ1) is 16.3. The van der Waals surface area contributed by atoms with E-state index in [-0.39, 0.29) is 52.9 Å². The number of nitrogens with one attached hydrogen (secondary N) is 1. The number of anilines is 3. The summed E-state index contributed by atoms with van der Waals surface area (Å²) in [6.07, 6.45) is 0.187. The lowest BCUT2D eigenvalue weighted by Gasteiger charge is -2.16. The predicted octanol–water partition coefficient (Wildman–Crippen LogP) is 2.19. The zero-order chi connectivity index (χ0) is 24.4. The molecule has 10 nitrogen and oxygen atoms in total. The van der Waals surface area contributed by atoms with Gasteiger partial charge in [-0.15, -0.1) is 0 Å². The van der Waals surface area contributed by atoms with Gasteiger partial charge in [-0.05, 0) is 36.8 Å². The van der Waals surface area contributed by atoms with Crippen molar-refractivity contribution in [3.8, 4) is 17.8 Å². The fraction of sp³-hybridized carbons (Fsp3) is 0.130. The van der Waals surface area contributed by atoms with Crippen molar-refractivity contribution in [1.82, 2.24) is 19.5 Å². The van der Waals surface area contributed by atoms with E-state index < -0.39 is 5.82 Å². The first-order valence-corrected chi connectivity index (χ1v) is 10.1. The number of fused-ring (bicyclic) bond motifs is 1. The molecule has 168 valence electrons. The average molecular weight is 455 g/mol. The Morgan fingerprint density at radius 1 is 1.12 bits per heavy atom. The highest BCUT2D eigenvalue weighted by Crippen LogP contribution is 2.20. The minimum Gasteiger partial charge on any atom is -0.382 e. The van der Waals surface area contributed by atoms with E-state index in [1.54, 1.807) is 25.1 Å². The van der Waals surface area contributed by atoms with Crippen LogP contribution in [0.15, 0.2) is 41.2 Å². The molecule has 0 aliphatic rings. The van der Waals surface area contributed by atoms with E-state index in [1.165, 1.54) is 16.7 Å². The highest BCUT2D eigenvalue weighted by atomic mass is 19.1. The molecule has 0 fully saturated rings. The van der Waals surface area contributed by atoms with Crippen LogP contribution in [0.2, 0.25) is 0 Å². The van der Waals surface area contributed by atoms with E-state index >= 15 is 0 Å². The number of aryl methyl sites for hydroxylation is 1. The lowest BCUT2D eigenvalue weighted by Crippen LogP contribution is -2.26. The van der Waals surface area contributed by atoms with Crippen molar-refractivity contribution in [2.45, 2.75) is 13.3 Å². The molecular weight excluding hydrogens is 437 g/mol. The van der Waals surface area contributed by atoms with Gasteiger partial charge in [-0.3, -0.25) is 9.36 Å². The summed E-state index contributed by atoms with van der Waals surface area (Å²) >= 11 is 0. The molecule has 0 aliphatic heterocycles. The maximum absolute atomic E-state index is 14.2.